The maximum Gasteiger partial charge on any atom is 0.238 e. The highest BCUT2D eigenvalue weighted by molar-refractivity contribution is 5.37. The molecule has 7 nitrogen and oxygen atoms in total. The lowest BCUT2D eigenvalue weighted by Crippen LogP contribution is -2.51. The molecule has 8 heteroatoms. The smallest absolute Gasteiger partial charge is 0.238 e. The minimum Gasteiger partial charge on any atom is -0.446 e. The number of halogens is 1. The standard InChI is InChI=1S/C21H29FN2O5/c1-11(2)24-13(4)15(7-14-6-5-12(3)16(22)8-14)21(23-24)29-19-9-17(26)20(27)18(10-25)28-19/h5-6,8,11,17-20,25-27H,7,9-10H2,1-4H3/t17-,18-,19+,20+/m1/s1. The number of hydrogen-bond acceptors (Lipinski definition) is 6. The van der Waals surface area contributed by atoms with Gasteiger partial charge in [0.1, 0.15) is 18.0 Å². The van der Waals surface area contributed by atoms with Crippen molar-refractivity contribution in [2.45, 2.75) is 71.2 Å². The van der Waals surface area contributed by atoms with Crippen LogP contribution in [0.3, 0.4) is 0 Å². The molecule has 2 heterocycles. The van der Waals surface area contributed by atoms with Crippen LogP contribution < -0.4 is 4.74 Å². The zero-order valence-electron chi connectivity index (χ0n) is 17.2. The van der Waals surface area contributed by atoms with E-state index in [2.05, 4.69) is 5.10 Å². The van der Waals surface area contributed by atoms with E-state index in [-0.39, 0.29) is 18.3 Å². The van der Waals surface area contributed by atoms with Gasteiger partial charge < -0.3 is 24.8 Å². The van der Waals surface area contributed by atoms with Gasteiger partial charge in [-0.15, -0.1) is 5.10 Å². The Kier molecular flexibility index (Phi) is 6.58. The molecule has 29 heavy (non-hydrogen) atoms. The summed E-state index contributed by atoms with van der Waals surface area (Å²) >= 11 is 0. The van der Waals surface area contributed by atoms with Gasteiger partial charge in [0.25, 0.3) is 0 Å². The summed E-state index contributed by atoms with van der Waals surface area (Å²) < 4.78 is 27.4. The van der Waals surface area contributed by atoms with Gasteiger partial charge in [-0.25, -0.2) is 4.39 Å². The van der Waals surface area contributed by atoms with Crippen molar-refractivity contribution in [2.24, 2.45) is 0 Å². The zero-order valence-corrected chi connectivity index (χ0v) is 17.2. The molecule has 1 aromatic carbocycles. The summed E-state index contributed by atoms with van der Waals surface area (Å²) in [4.78, 5) is 0. The number of nitrogens with zero attached hydrogens (tertiary/aromatic N) is 2. The number of aliphatic hydroxyl groups is 3. The molecule has 0 amide bonds. The minimum absolute atomic E-state index is 0.0455. The minimum atomic E-state index is -1.18. The number of ether oxygens (including phenoxy) is 2. The SMILES string of the molecule is Cc1ccc(Cc2c(O[C@H]3C[C@@H](O)[C@H](O)[C@@H](CO)O3)nn(C(C)C)c2C)cc1F. The second kappa shape index (κ2) is 8.79. The third kappa shape index (κ3) is 4.61. The first-order valence-electron chi connectivity index (χ1n) is 9.83. The van der Waals surface area contributed by atoms with Gasteiger partial charge in [0.15, 0.2) is 0 Å². The van der Waals surface area contributed by atoms with E-state index in [0.29, 0.717) is 17.9 Å². The van der Waals surface area contributed by atoms with E-state index in [1.54, 1.807) is 13.0 Å². The molecule has 1 saturated heterocycles. The molecule has 0 radical (unpaired) electrons. The van der Waals surface area contributed by atoms with Crippen LogP contribution in [0.2, 0.25) is 0 Å². The normalized spacial score (nSPS) is 24.9. The van der Waals surface area contributed by atoms with Crippen LogP contribution in [0.25, 0.3) is 0 Å². The van der Waals surface area contributed by atoms with E-state index in [1.807, 2.05) is 31.5 Å². The molecule has 1 aliphatic heterocycles. The molecule has 0 bridgehead atoms. The lowest BCUT2D eigenvalue weighted by atomic mass is 10.0. The Morgan fingerprint density at radius 2 is 2.03 bits per heavy atom. The van der Waals surface area contributed by atoms with Crippen LogP contribution in [-0.2, 0) is 11.2 Å². The predicted octanol–water partition coefficient (Wildman–Crippen LogP) is 2.02. The van der Waals surface area contributed by atoms with Crippen LogP contribution in [0.15, 0.2) is 18.2 Å². The third-order valence-corrected chi connectivity index (χ3v) is 5.30. The van der Waals surface area contributed by atoms with Gasteiger partial charge in [0.2, 0.25) is 12.2 Å². The van der Waals surface area contributed by atoms with E-state index < -0.39 is 31.2 Å². The van der Waals surface area contributed by atoms with E-state index in [1.165, 1.54) is 6.07 Å². The van der Waals surface area contributed by atoms with Gasteiger partial charge in [0, 0.05) is 30.1 Å². The number of aryl methyl sites for hydroxylation is 1. The van der Waals surface area contributed by atoms with Crippen molar-refractivity contribution in [3.8, 4) is 5.88 Å². The summed E-state index contributed by atoms with van der Waals surface area (Å²) in [5.74, 6) is 0.0693. The highest BCUT2D eigenvalue weighted by Gasteiger charge is 2.38. The summed E-state index contributed by atoms with van der Waals surface area (Å²) in [6.07, 6.45) is -3.59. The average molecular weight is 408 g/mol. The van der Waals surface area contributed by atoms with Crippen molar-refractivity contribution >= 4 is 0 Å². The molecule has 2 aromatic rings. The summed E-state index contributed by atoms with van der Waals surface area (Å²) in [5, 5.41) is 33.9. The van der Waals surface area contributed by atoms with Crippen LogP contribution >= 0.6 is 0 Å². The van der Waals surface area contributed by atoms with E-state index >= 15 is 0 Å². The van der Waals surface area contributed by atoms with E-state index in [9.17, 15) is 19.7 Å². The molecule has 1 fully saturated rings. The Hall–Kier alpha value is -2.00. The highest BCUT2D eigenvalue weighted by Crippen LogP contribution is 2.30. The summed E-state index contributed by atoms with van der Waals surface area (Å²) in [7, 11) is 0. The average Bonchev–Trinajstić information content (AvgIpc) is 2.97. The summed E-state index contributed by atoms with van der Waals surface area (Å²) in [6, 6.07) is 5.20. The van der Waals surface area contributed by atoms with E-state index in [4.69, 9.17) is 9.47 Å². The number of rotatable bonds is 6. The van der Waals surface area contributed by atoms with Crippen molar-refractivity contribution in [3.63, 3.8) is 0 Å². The second-order valence-electron chi connectivity index (χ2n) is 7.87. The fourth-order valence-corrected chi connectivity index (χ4v) is 3.54. The van der Waals surface area contributed by atoms with Gasteiger partial charge in [-0.05, 0) is 44.9 Å². The summed E-state index contributed by atoms with van der Waals surface area (Å²) in [6.45, 7) is 7.20. The van der Waals surface area contributed by atoms with Crippen LogP contribution in [0.5, 0.6) is 5.88 Å². The van der Waals surface area contributed by atoms with Gasteiger partial charge in [-0.3, -0.25) is 4.68 Å². The first kappa shape index (κ1) is 21.7. The molecule has 0 aliphatic carbocycles. The number of benzene rings is 1. The van der Waals surface area contributed by atoms with Crippen LogP contribution in [0.4, 0.5) is 4.39 Å². The van der Waals surface area contributed by atoms with E-state index in [0.717, 1.165) is 16.8 Å². The van der Waals surface area contributed by atoms with Gasteiger partial charge in [0.05, 0.1) is 12.7 Å². The largest absolute Gasteiger partial charge is 0.446 e. The van der Waals surface area contributed by atoms with Crippen molar-refractivity contribution in [1.29, 1.82) is 0 Å². The maximum absolute atomic E-state index is 14.0. The van der Waals surface area contributed by atoms with Crippen LogP contribution in [0.1, 0.15) is 48.7 Å². The maximum atomic E-state index is 14.0. The van der Waals surface area contributed by atoms with Gasteiger partial charge >= 0.3 is 0 Å². The molecule has 1 aliphatic rings. The fourth-order valence-electron chi connectivity index (χ4n) is 3.54. The number of aromatic nitrogens is 2. The van der Waals surface area contributed by atoms with Crippen molar-refractivity contribution in [1.82, 2.24) is 9.78 Å². The predicted molar refractivity (Wildman–Crippen MR) is 104 cm³/mol. The first-order chi connectivity index (χ1) is 13.7. The molecule has 0 unspecified atom stereocenters. The Balaban J connectivity index is 1.89. The van der Waals surface area contributed by atoms with Gasteiger partial charge in [-0.1, -0.05) is 12.1 Å². The van der Waals surface area contributed by atoms with Crippen molar-refractivity contribution in [2.75, 3.05) is 6.61 Å². The topological polar surface area (TPSA) is 97.0 Å². The lowest BCUT2D eigenvalue weighted by Gasteiger charge is -2.35. The molecule has 0 spiro atoms. The fraction of sp³-hybridized carbons (Fsp3) is 0.571. The lowest BCUT2D eigenvalue weighted by molar-refractivity contribution is -0.230. The van der Waals surface area contributed by atoms with Crippen molar-refractivity contribution in [3.05, 3.63) is 46.4 Å². The monoisotopic (exact) mass is 408 g/mol. The molecule has 160 valence electrons. The molecule has 1 aromatic heterocycles. The Morgan fingerprint density at radius 1 is 1.31 bits per heavy atom. The molecule has 4 atom stereocenters. The molecule has 3 N–H and O–H groups in total. The van der Waals surface area contributed by atoms with Crippen LogP contribution in [0, 0.1) is 19.7 Å². The third-order valence-electron chi connectivity index (χ3n) is 5.30. The van der Waals surface area contributed by atoms with Gasteiger partial charge in [-0.2, -0.15) is 0 Å². The first-order valence-corrected chi connectivity index (χ1v) is 9.83. The number of hydrogen-bond donors (Lipinski definition) is 3. The number of aliphatic hydroxyl groups excluding tert-OH is 3. The Morgan fingerprint density at radius 3 is 2.66 bits per heavy atom. The molecule has 3 rings (SSSR count). The Bertz CT molecular complexity index is 854. The molecular weight excluding hydrogens is 379 g/mol. The summed E-state index contributed by atoms with van der Waals surface area (Å²) in [5.41, 5.74) is 3.06. The van der Waals surface area contributed by atoms with Crippen molar-refractivity contribution < 1.29 is 29.2 Å². The Labute approximate surface area is 169 Å². The molecule has 0 saturated carbocycles. The zero-order chi connectivity index (χ0) is 21.3. The van der Waals surface area contributed by atoms with Crippen LogP contribution in [-0.4, -0.2) is 56.3 Å². The molecular formula is C21H29FN2O5. The quantitative estimate of drug-likeness (QED) is 0.677. The second-order valence-corrected chi connectivity index (χ2v) is 7.87. The highest BCUT2D eigenvalue weighted by atomic mass is 19.1.